The summed E-state index contributed by atoms with van der Waals surface area (Å²) < 4.78 is 11.6. The van der Waals surface area contributed by atoms with E-state index in [9.17, 15) is 10.4 Å². The van der Waals surface area contributed by atoms with Crippen LogP contribution in [0.5, 0.6) is 0 Å². The molecule has 1 aliphatic carbocycles. The highest BCUT2D eigenvalue weighted by Crippen LogP contribution is 2.33. The molecule has 206 valence electrons. The van der Waals surface area contributed by atoms with Gasteiger partial charge in [-0.05, 0) is 67.2 Å². The number of hydrogen-bond donors (Lipinski definition) is 2. The highest BCUT2D eigenvalue weighted by atomic mass is 16.5. The molecule has 0 spiro atoms. The molecule has 8 nitrogen and oxygen atoms in total. The van der Waals surface area contributed by atoms with Gasteiger partial charge in [0.25, 0.3) is 0 Å². The van der Waals surface area contributed by atoms with Crippen molar-refractivity contribution in [3.63, 3.8) is 0 Å². The lowest BCUT2D eigenvalue weighted by Crippen LogP contribution is -2.55. The van der Waals surface area contributed by atoms with Gasteiger partial charge in [0, 0.05) is 43.8 Å². The number of anilines is 1. The maximum atomic E-state index is 9.91. The molecule has 0 amide bonds. The smallest absolute Gasteiger partial charge is 0.124 e. The van der Waals surface area contributed by atoms with Crippen molar-refractivity contribution in [2.24, 2.45) is 10.9 Å². The zero-order valence-electron chi connectivity index (χ0n) is 22.9. The Labute approximate surface area is 231 Å². The van der Waals surface area contributed by atoms with Crippen molar-refractivity contribution < 1.29 is 14.6 Å². The lowest BCUT2D eigenvalue weighted by molar-refractivity contribution is -0.103. The van der Waals surface area contributed by atoms with Crippen molar-refractivity contribution in [1.29, 1.82) is 5.26 Å². The van der Waals surface area contributed by atoms with E-state index in [1.165, 1.54) is 5.69 Å². The first-order valence-electron chi connectivity index (χ1n) is 14.1. The molecule has 0 bridgehead atoms. The van der Waals surface area contributed by atoms with Crippen LogP contribution in [0.3, 0.4) is 0 Å². The van der Waals surface area contributed by atoms with Crippen LogP contribution in [0.1, 0.15) is 38.7 Å². The van der Waals surface area contributed by atoms with Crippen LogP contribution in [-0.4, -0.2) is 74.1 Å². The van der Waals surface area contributed by atoms with Crippen LogP contribution in [0.4, 0.5) is 5.69 Å². The van der Waals surface area contributed by atoms with E-state index >= 15 is 0 Å². The van der Waals surface area contributed by atoms with E-state index in [1.54, 1.807) is 6.92 Å². The summed E-state index contributed by atoms with van der Waals surface area (Å²) in [6.07, 6.45) is 12.0. The minimum atomic E-state index is -0.470. The van der Waals surface area contributed by atoms with E-state index in [4.69, 9.17) is 14.5 Å². The molecule has 39 heavy (non-hydrogen) atoms. The number of allylic oxidation sites excluding steroid dienone is 7. The molecule has 1 unspecified atom stereocenters. The van der Waals surface area contributed by atoms with E-state index in [1.807, 2.05) is 17.2 Å². The molecule has 2 saturated heterocycles. The molecular formula is C31H39N5O3. The quantitative estimate of drug-likeness (QED) is 0.552. The van der Waals surface area contributed by atoms with Gasteiger partial charge in [-0.25, -0.2) is 0 Å². The minimum Gasteiger partial charge on any atom is -0.491 e. The lowest BCUT2D eigenvalue weighted by Gasteiger charge is -2.41. The van der Waals surface area contributed by atoms with Crippen molar-refractivity contribution in [2.45, 2.75) is 51.6 Å². The van der Waals surface area contributed by atoms with Crippen molar-refractivity contribution >= 4 is 17.6 Å². The number of nitriles is 1. The van der Waals surface area contributed by atoms with E-state index in [0.717, 1.165) is 67.3 Å². The second kappa shape index (κ2) is 12.6. The summed E-state index contributed by atoms with van der Waals surface area (Å²) in [5.41, 5.74) is 5.71. The van der Waals surface area contributed by atoms with Gasteiger partial charge in [0.05, 0.1) is 19.3 Å². The predicted molar refractivity (Wildman–Crippen MR) is 154 cm³/mol. The number of likely N-dealkylation sites (tertiary alicyclic amines) is 1. The number of hydrogen-bond acceptors (Lipinski definition) is 8. The average molecular weight is 530 g/mol. The second-order valence-electron chi connectivity index (χ2n) is 10.5. The van der Waals surface area contributed by atoms with Crippen molar-refractivity contribution in [3.8, 4) is 6.07 Å². The molecule has 3 aliphatic heterocycles. The number of benzene rings is 1. The molecule has 2 fully saturated rings. The monoisotopic (exact) mass is 529 g/mol. The maximum Gasteiger partial charge on any atom is 0.124 e. The normalized spacial score (nSPS) is 28.8. The van der Waals surface area contributed by atoms with Crippen LogP contribution in [0.2, 0.25) is 0 Å². The number of rotatable bonds is 7. The second-order valence-corrected chi connectivity index (χ2v) is 10.5. The van der Waals surface area contributed by atoms with Crippen LogP contribution in [0.15, 0.2) is 70.5 Å². The zero-order chi connectivity index (χ0) is 27.2. The molecule has 0 radical (unpaired) electrons. The fourth-order valence-corrected chi connectivity index (χ4v) is 5.31. The molecule has 3 atom stereocenters. The molecule has 1 aromatic carbocycles. The number of nitrogens with one attached hydrogen (secondary N) is 1. The van der Waals surface area contributed by atoms with Crippen LogP contribution in [0.25, 0.3) is 5.70 Å². The zero-order valence-corrected chi connectivity index (χ0v) is 22.9. The molecule has 2 N–H and O–H groups in total. The number of aliphatic hydroxyl groups excluding tert-OH is 1. The van der Waals surface area contributed by atoms with E-state index in [0.29, 0.717) is 19.5 Å². The number of nitrogens with zero attached hydrogens (tertiary/aromatic N) is 4. The van der Waals surface area contributed by atoms with Gasteiger partial charge in [0.1, 0.15) is 30.2 Å². The maximum absolute atomic E-state index is 9.91. The summed E-state index contributed by atoms with van der Waals surface area (Å²) >= 11 is 0. The Bertz CT molecular complexity index is 1200. The fourth-order valence-electron chi connectivity index (χ4n) is 5.31. The summed E-state index contributed by atoms with van der Waals surface area (Å²) in [4.78, 5) is 9.07. The van der Waals surface area contributed by atoms with E-state index in [2.05, 4.69) is 65.7 Å². The first kappa shape index (κ1) is 27.2. The van der Waals surface area contributed by atoms with Crippen LogP contribution < -0.4 is 10.2 Å². The largest absolute Gasteiger partial charge is 0.491 e. The first-order chi connectivity index (χ1) is 19.0. The summed E-state index contributed by atoms with van der Waals surface area (Å²) in [6.45, 7) is 8.63. The molecule has 0 saturated carbocycles. The third kappa shape index (κ3) is 6.62. The first-order valence-corrected chi connectivity index (χ1v) is 14.1. The van der Waals surface area contributed by atoms with Crippen molar-refractivity contribution in [2.75, 3.05) is 44.3 Å². The summed E-state index contributed by atoms with van der Waals surface area (Å²) in [5.74, 6) is 0.395. The minimum absolute atomic E-state index is 0.0125. The Morgan fingerprint density at radius 2 is 1.92 bits per heavy atom. The van der Waals surface area contributed by atoms with E-state index < -0.39 is 6.23 Å². The third-order valence-electron chi connectivity index (χ3n) is 7.82. The molecule has 1 aromatic rings. The summed E-state index contributed by atoms with van der Waals surface area (Å²) in [5, 5.41) is 23.2. The van der Waals surface area contributed by atoms with Gasteiger partial charge in [-0.3, -0.25) is 9.89 Å². The van der Waals surface area contributed by atoms with E-state index in [-0.39, 0.29) is 18.2 Å². The predicted octanol–water partition coefficient (Wildman–Crippen LogP) is 3.98. The fraction of sp³-hybridized carbons (Fsp3) is 0.484. The van der Waals surface area contributed by atoms with Crippen LogP contribution >= 0.6 is 0 Å². The topological polar surface area (TPSA) is 93.3 Å². The highest BCUT2D eigenvalue weighted by Gasteiger charge is 2.33. The Balaban J connectivity index is 1.32. The number of morpholine rings is 1. The molecule has 0 aromatic heterocycles. The van der Waals surface area contributed by atoms with Gasteiger partial charge in [0.2, 0.25) is 0 Å². The Morgan fingerprint density at radius 1 is 1.15 bits per heavy atom. The van der Waals surface area contributed by atoms with Gasteiger partial charge < -0.3 is 24.8 Å². The van der Waals surface area contributed by atoms with Gasteiger partial charge in [0.15, 0.2) is 0 Å². The Hall–Kier alpha value is -3.38. The number of aliphatic imine (C=N–C) groups is 1. The Morgan fingerprint density at radius 3 is 2.62 bits per heavy atom. The van der Waals surface area contributed by atoms with Crippen LogP contribution in [0, 0.1) is 17.2 Å². The molecule has 3 heterocycles. The molecule has 5 rings (SSSR count). The number of ether oxygens (including phenoxy) is 2. The van der Waals surface area contributed by atoms with Crippen LogP contribution in [-0.2, 0) is 9.47 Å². The molecule has 4 aliphatic rings. The van der Waals surface area contributed by atoms with Gasteiger partial charge in [-0.1, -0.05) is 31.2 Å². The Kier molecular flexibility index (Phi) is 8.82. The van der Waals surface area contributed by atoms with Gasteiger partial charge in [-0.15, -0.1) is 0 Å². The number of aliphatic hydroxyl groups is 1. The van der Waals surface area contributed by atoms with Gasteiger partial charge >= 0.3 is 0 Å². The average Bonchev–Trinajstić information content (AvgIpc) is 3.05. The highest BCUT2D eigenvalue weighted by molar-refractivity contribution is 5.76. The van der Waals surface area contributed by atoms with Crippen molar-refractivity contribution in [1.82, 2.24) is 10.2 Å². The standard InChI is InChI=1S/C31H39N5O3/c1-3-31-33-13-12-23(25-7-11-30(26(18-25)19-32)39-28-20-36(21-28)22(2)37)6-10-29(34-31)24-4-8-27(9-5-24)35-14-16-38-17-15-35/h4-5,7-13,22,26,28,31,34,37H,3,6,14-18,20-21H2,1-2H3/b23-12+,29-10-,33-13-/t22-,26+,31?/m1/s1. The van der Waals surface area contributed by atoms with Crippen molar-refractivity contribution in [3.05, 3.63) is 71.0 Å². The molecular weight excluding hydrogens is 490 g/mol. The van der Waals surface area contributed by atoms with Gasteiger partial charge in [-0.2, -0.15) is 5.26 Å². The lowest BCUT2D eigenvalue weighted by atomic mass is 9.87. The summed E-state index contributed by atoms with van der Waals surface area (Å²) in [6, 6.07) is 11.2. The SMILES string of the molecule is CCC1/N=C\C=C(\C2=CC=C(OC3CN([C@@H](C)O)C3)[C@H](C#N)C2)C/C=C(/c2ccc(N3CCOCC3)cc2)N1. The third-order valence-corrected chi connectivity index (χ3v) is 7.82. The molecule has 8 heteroatoms. The summed E-state index contributed by atoms with van der Waals surface area (Å²) in [7, 11) is 0.